The molecule has 0 saturated carbocycles. The third-order valence-electron chi connectivity index (χ3n) is 4.12. The molecule has 3 aromatic rings. The third kappa shape index (κ3) is 7.14. The second-order valence-corrected chi connectivity index (χ2v) is 7.65. The van der Waals surface area contributed by atoms with E-state index in [9.17, 15) is 0 Å². The van der Waals surface area contributed by atoms with Crippen molar-refractivity contribution in [1.82, 2.24) is 5.43 Å². The molecule has 3 rings (SSSR count). The zero-order valence-electron chi connectivity index (χ0n) is 16.8. The molecule has 0 unspecified atom stereocenters. The Bertz CT molecular complexity index is 1060. The van der Waals surface area contributed by atoms with E-state index in [0.717, 1.165) is 16.8 Å². The minimum atomic E-state index is 0.304. The summed E-state index contributed by atoms with van der Waals surface area (Å²) in [4.78, 5) is 0. The molecule has 0 spiro atoms. The monoisotopic (exact) mass is 474 g/mol. The lowest BCUT2D eigenvalue weighted by Crippen LogP contribution is -2.82. The lowest BCUT2D eigenvalue weighted by molar-refractivity contribution is -0.499. The topological polar surface area (TPSA) is 56.5 Å². The number of rotatable bonds is 8. The van der Waals surface area contributed by atoms with Crippen molar-refractivity contribution in [2.75, 3.05) is 11.9 Å². The molecular weight excluding hydrogens is 453 g/mol. The largest absolute Gasteiger partial charge is 0.490 e. The van der Waals surface area contributed by atoms with Crippen LogP contribution in [0, 0.1) is 0 Å². The van der Waals surface area contributed by atoms with Crippen LogP contribution < -0.4 is 25.3 Å². The first kappa shape index (κ1) is 22.9. The standard InChI is InChI=1S/C23H21Cl2N3O2S/c1-2-29-22-12-16(14-26-28-23(31)27-19-6-4-3-5-7-19)8-11-21(22)30-15-17-9-10-18(24)13-20(17)25/h3-14H,2,15H2,1H3,(H2,27,28,31)/p+1. The van der Waals surface area contributed by atoms with Gasteiger partial charge < -0.3 is 14.8 Å². The Morgan fingerprint density at radius 1 is 1.00 bits per heavy atom. The van der Waals surface area contributed by atoms with E-state index in [2.05, 4.69) is 15.8 Å². The Balaban J connectivity index is 1.62. The highest BCUT2D eigenvalue weighted by atomic mass is 35.5. The predicted molar refractivity (Wildman–Crippen MR) is 130 cm³/mol. The average Bonchev–Trinajstić information content (AvgIpc) is 2.75. The van der Waals surface area contributed by atoms with Crippen molar-refractivity contribution in [3.63, 3.8) is 0 Å². The summed E-state index contributed by atoms with van der Waals surface area (Å²) in [6, 6.07) is 20.6. The van der Waals surface area contributed by atoms with E-state index < -0.39 is 0 Å². The minimum absolute atomic E-state index is 0.304. The minimum Gasteiger partial charge on any atom is -0.490 e. The molecule has 160 valence electrons. The van der Waals surface area contributed by atoms with Crippen LogP contribution in [0.15, 0.2) is 66.7 Å². The summed E-state index contributed by atoms with van der Waals surface area (Å²) in [5, 5.41) is 7.66. The van der Waals surface area contributed by atoms with Gasteiger partial charge in [-0.1, -0.05) is 47.5 Å². The van der Waals surface area contributed by atoms with Gasteiger partial charge in [0.15, 0.2) is 17.7 Å². The number of para-hydroxylation sites is 1. The zero-order chi connectivity index (χ0) is 22.1. The summed E-state index contributed by atoms with van der Waals surface area (Å²) in [7, 11) is 0. The van der Waals surface area contributed by atoms with E-state index in [1.54, 1.807) is 18.3 Å². The number of benzene rings is 3. The number of halogens is 2. The summed E-state index contributed by atoms with van der Waals surface area (Å²) < 4.78 is 11.7. The molecule has 3 aromatic carbocycles. The number of anilines is 1. The molecule has 0 atom stereocenters. The molecule has 5 nitrogen and oxygen atoms in total. The van der Waals surface area contributed by atoms with Crippen molar-refractivity contribution < 1.29 is 14.6 Å². The van der Waals surface area contributed by atoms with Gasteiger partial charge in [0.2, 0.25) is 5.11 Å². The van der Waals surface area contributed by atoms with E-state index in [0.29, 0.717) is 39.9 Å². The first-order valence-electron chi connectivity index (χ1n) is 9.59. The molecule has 0 aliphatic carbocycles. The Labute approximate surface area is 197 Å². The Hall–Kier alpha value is -2.80. The number of hydrogen-bond donors (Lipinski definition) is 3. The van der Waals surface area contributed by atoms with Gasteiger partial charge in [-0.3, -0.25) is 0 Å². The van der Waals surface area contributed by atoms with Crippen LogP contribution in [0.4, 0.5) is 5.69 Å². The van der Waals surface area contributed by atoms with Crippen molar-refractivity contribution in [2.24, 2.45) is 0 Å². The molecule has 0 saturated heterocycles. The Morgan fingerprint density at radius 2 is 1.81 bits per heavy atom. The summed E-state index contributed by atoms with van der Waals surface area (Å²) in [5.74, 6) is 1.26. The highest BCUT2D eigenvalue weighted by Crippen LogP contribution is 2.30. The second kappa shape index (κ2) is 11.6. The van der Waals surface area contributed by atoms with Gasteiger partial charge in [-0.25, -0.2) is 0 Å². The zero-order valence-corrected chi connectivity index (χ0v) is 19.2. The maximum Gasteiger partial charge on any atom is 0.228 e. The summed E-state index contributed by atoms with van der Waals surface area (Å²) in [6.45, 7) is 2.74. The van der Waals surface area contributed by atoms with Crippen molar-refractivity contribution >= 4 is 52.4 Å². The number of nitrogens with one attached hydrogen (secondary N) is 3. The molecule has 0 amide bonds. The molecule has 0 aromatic heterocycles. The van der Waals surface area contributed by atoms with Crippen LogP contribution in [0.3, 0.4) is 0 Å². The number of hydrazone groups is 1. The fourth-order valence-electron chi connectivity index (χ4n) is 2.67. The van der Waals surface area contributed by atoms with Crippen molar-refractivity contribution in [3.8, 4) is 11.5 Å². The molecule has 8 heteroatoms. The fourth-order valence-corrected chi connectivity index (χ4v) is 3.30. The number of hydrazine groups is 1. The van der Waals surface area contributed by atoms with Crippen LogP contribution in [-0.2, 0) is 6.61 Å². The van der Waals surface area contributed by atoms with Crippen LogP contribution in [0.1, 0.15) is 18.1 Å². The van der Waals surface area contributed by atoms with Gasteiger partial charge >= 0.3 is 0 Å². The fraction of sp³-hybridized carbons (Fsp3) is 0.130. The summed E-state index contributed by atoms with van der Waals surface area (Å²) in [6.07, 6.45) is 1.78. The highest BCUT2D eigenvalue weighted by molar-refractivity contribution is 7.80. The van der Waals surface area contributed by atoms with Gasteiger partial charge in [-0.05, 0) is 61.6 Å². The molecule has 0 aliphatic heterocycles. The van der Waals surface area contributed by atoms with E-state index in [1.165, 1.54) is 0 Å². The summed E-state index contributed by atoms with van der Waals surface area (Å²) >= 11 is 17.4. The van der Waals surface area contributed by atoms with E-state index >= 15 is 0 Å². The van der Waals surface area contributed by atoms with Crippen LogP contribution in [-0.4, -0.2) is 17.9 Å². The molecule has 3 N–H and O–H groups in total. The van der Waals surface area contributed by atoms with Crippen molar-refractivity contribution in [1.29, 1.82) is 0 Å². The first-order valence-corrected chi connectivity index (χ1v) is 10.8. The quantitative estimate of drug-likeness (QED) is 0.257. The molecule has 0 heterocycles. The van der Waals surface area contributed by atoms with Gasteiger partial charge in [0.05, 0.1) is 6.61 Å². The smallest absolute Gasteiger partial charge is 0.228 e. The van der Waals surface area contributed by atoms with Gasteiger partial charge in [0, 0.05) is 26.9 Å². The van der Waals surface area contributed by atoms with Gasteiger partial charge in [-0.15, -0.1) is 10.5 Å². The van der Waals surface area contributed by atoms with E-state index in [1.807, 2.05) is 61.5 Å². The lowest BCUT2D eigenvalue weighted by Gasteiger charge is -2.13. The number of hydrogen-bond acceptors (Lipinski definition) is 3. The Kier molecular flexibility index (Phi) is 8.53. The molecule has 0 fully saturated rings. The maximum atomic E-state index is 6.22. The first-order chi connectivity index (χ1) is 15.0. The number of ether oxygens (including phenoxy) is 2. The normalized spacial score (nSPS) is 10.7. The van der Waals surface area contributed by atoms with Gasteiger partial charge in [-0.2, -0.15) is 0 Å². The molecule has 0 bridgehead atoms. The maximum absolute atomic E-state index is 6.22. The van der Waals surface area contributed by atoms with Crippen LogP contribution in [0.25, 0.3) is 0 Å². The molecular formula is C23H22Cl2N3O2S+. The lowest BCUT2D eigenvalue weighted by atomic mass is 10.2. The Morgan fingerprint density at radius 3 is 2.55 bits per heavy atom. The van der Waals surface area contributed by atoms with Crippen LogP contribution in [0.5, 0.6) is 11.5 Å². The number of thiocarbonyl (C=S) groups is 1. The summed E-state index contributed by atoms with van der Waals surface area (Å²) in [5.41, 5.74) is 5.55. The van der Waals surface area contributed by atoms with E-state index in [-0.39, 0.29) is 0 Å². The third-order valence-corrected chi connectivity index (χ3v) is 4.91. The second-order valence-electron chi connectivity index (χ2n) is 6.40. The van der Waals surface area contributed by atoms with Gasteiger partial charge in [0.25, 0.3) is 0 Å². The van der Waals surface area contributed by atoms with Crippen LogP contribution >= 0.6 is 35.4 Å². The molecule has 31 heavy (non-hydrogen) atoms. The average molecular weight is 475 g/mol. The highest BCUT2D eigenvalue weighted by Gasteiger charge is 2.09. The van der Waals surface area contributed by atoms with Crippen LogP contribution in [0.2, 0.25) is 10.0 Å². The van der Waals surface area contributed by atoms with Crippen molar-refractivity contribution in [3.05, 3.63) is 87.9 Å². The SMILES string of the molecule is CCOc1cc(C=[NH+]NC(=S)Nc2ccccc2)ccc1OCc1ccc(Cl)cc1Cl. The van der Waals surface area contributed by atoms with Gasteiger partial charge in [0.1, 0.15) is 6.61 Å². The molecule has 0 radical (unpaired) electrons. The predicted octanol–water partition coefficient (Wildman–Crippen LogP) is 4.37. The van der Waals surface area contributed by atoms with Crippen molar-refractivity contribution in [2.45, 2.75) is 13.5 Å². The van der Waals surface area contributed by atoms with E-state index in [4.69, 9.17) is 44.9 Å². The molecule has 0 aliphatic rings.